The summed E-state index contributed by atoms with van der Waals surface area (Å²) in [4.78, 5) is 37.0. The van der Waals surface area contributed by atoms with E-state index in [0.29, 0.717) is 17.1 Å². The highest BCUT2D eigenvalue weighted by atomic mass is 16.2. The average Bonchev–Trinajstić information content (AvgIpc) is 2.74. The summed E-state index contributed by atoms with van der Waals surface area (Å²) in [6.07, 6.45) is 0. The van der Waals surface area contributed by atoms with Gasteiger partial charge in [0.05, 0.1) is 5.69 Å². The van der Waals surface area contributed by atoms with Gasteiger partial charge in [0, 0.05) is 28.9 Å². The summed E-state index contributed by atoms with van der Waals surface area (Å²) in [5.74, 6) is -0.556. The number of aryl methyl sites for hydroxylation is 2. The number of nitrogens with zero attached hydrogens (tertiary/aromatic N) is 2. The van der Waals surface area contributed by atoms with Crippen LogP contribution in [0.4, 0.5) is 11.4 Å². The second-order valence-electron chi connectivity index (χ2n) is 8.18. The summed E-state index contributed by atoms with van der Waals surface area (Å²) < 4.78 is 1.14. The van der Waals surface area contributed by atoms with Crippen molar-refractivity contribution in [1.82, 2.24) is 9.78 Å². The molecular weight excluding hydrogens is 404 g/mol. The van der Waals surface area contributed by atoms with Gasteiger partial charge in [-0.1, -0.05) is 38.1 Å². The second-order valence-corrected chi connectivity index (χ2v) is 8.18. The minimum atomic E-state index is -0.370. The van der Waals surface area contributed by atoms with Gasteiger partial charge >= 0.3 is 0 Å². The summed E-state index contributed by atoms with van der Waals surface area (Å²) >= 11 is 0. The Hall–Kier alpha value is -3.74. The van der Waals surface area contributed by atoms with Gasteiger partial charge in [0.1, 0.15) is 6.54 Å². The van der Waals surface area contributed by atoms with E-state index in [1.165, 1.54) is 6.07 Å². The minimum absolute atomic E-state index is 0.0775. The van der Waals surface area contributed by atoms with E-state index in [1.54, 1.807) is 6.07 Å². The Labute approximate surface area is 187 Å². The molecule has 2 amide bonds. The summed E-state index contributed by atoms with van der Waals surface area (Å²) in [6.45, 7) is 9.27. The Morgan fingerprint density at radius 3 is 2.41 bits per heavy atom. The molecule has 32 heavy (non-hydrogen) atoms. The highest BCUT2D eigenvalue weighted by Crippen LogP contribution is 2.24. The van der Waals surface area contributed by atoms with Crippen LogP contribution in [0.5, 0.6) is 0 Å². The smallest absolute Gasteiger partial charge is 0.267 e. The topological polar surface area (TPSA) is 93.1 Å². The molecule has 0 spiro atoms. The van der Waals surface area contributed by atoms with Gasteiger partial charge in [-0.15, -0.1) is 0 Å². The number of aromatic nitrogens is 2. The Morgan fingerprint density at radius 2 is 1.69 bits per heavy atom. The van der Waals surface area contributed by atoms with E-state index in [1.807, 2.05) is 71.0 Å². The average molecular weight is 433 g/mol. The van der Waals surface area contributed by atoms with E-state index in [0.717, 1.165) is 26.9 Å². The molecule has 166 valence electrons. The molecular formula is C25H28N4O3. The molecule has 0 radical (unpaired) electrons. The number of benzene rings is 2. The number of nitrogens with one attached hydrogen (secondary N) is 2. The third-order valence-corrected chi connectivity index (χ3v) is 5.35. The van der Waals surface area contributed by atoms with Crippen LogP contribution in [-0.4, -0.2) is 21.6 Å². The van der Waals surface area contributed by atoms with E-state index < -0.39 is 0 Å². The molecule has 2 N–H and O–H groups in total. The zero-order valence-corrected chi connectivity index (χ0v) is 19.0. The van der Waals surface area contributed by atoms with E-state index in [4.69, 9.17) is 0 Å². The third-order valence-electron chi connectivity index (χ3n) is 5.35. The van der Waals surface area contributed by atoms with Crippen LogP contribution < -0.4 is 16.2 Å². The molecule has 7 nitrogen and oxygen atoms in total. The molecule has 3 aromatic rings. The molecule has 2 aromatic carbocycles. The molecule has 0 atom stereocenters. The van der Waals surface area contributed by atoms with Crippen LogP contribution in [0, 0.1) is 26.7 Å². The molecule has 0 fully saturated rings. The van der Waals surface area contributed by atoms with Crippen molar-refractivity contribution < 1.29 is 9.59 Å². The van der Waals surface area contributed by atoms with Crippen molar-refractivity contribution in [3.8, 4) is 11.3 Å². The number of anilines is 2. The number of carbonyl (C=O) groups excluding carboxylic acids is 2. The molecule has 0 aliphatic rings. The third kappa shape index (κ3) is 5.29. The molecule has 7 heteroatoms. The predicted molar refractivity (Wildman–Crippen MR) is 127 cm³/mol. The van der Waals surface area contributed by atoms with Crippen molar-refractivity contribution in [2.45, 2.75) is 41.2 Å². The van der Waals surface area contributed by atoms with Crippen LogP contribution in [0.25, 0.3) is 11.3 Å². The standard InChI is InChI=1S/C25H28N4O3/c1-15(2)25(32)27-22-13-19(10-9-17(22)4)21-11-12-24(31)29(28-21)14-23(30)26-20-8-6-7-16(3)18(20)5/h6-13,15H,14H2,1-5H3,(H,26,30)(H,27,32). The number of carbonyl (C=O) groups is 2. The lowest BCUT2D eigenvalue weighted by atomic mass is 10.1. The molecule has 0 unspecified atom stereocenters. The molecule has 0 aliphatic heterocycles. The number of hydrogen-bond donors (Lipinski definition) is 2. The second kappa shape index (κ2) is 9.60. The molecule has 3 rings (SSSR count). The van der Waals surface area contributed by atoms with E-state index in [2.05, 4.69) is 15.7 Å². The van der Waals surface area contributed by atoms with Crippen molar-refractivity contribution in [3.63, 3.8) is 0 Å². The Bertz CT molecular complexity index is 1230. The first kappa shape index (κ1) is 22.9. The fourth-order valence-electron chi connectivity index (χ4n) is 3.12. The van der Waals surface area contributed by atoms with E-state index in [9.17, 15) is 14.4 Å². The largest absolute Gasteiger partial charge is 0.326 e. The van der Waals surface area contributed by atoms with Gasteiger partial charge in [0.15, 0.2) is 0 Å². The lowest BCUT2D eigenvalue weighted by Crippen LogP contribution is -2.29. The fourth-order valence-corrected chi connectivity index (χ4v) is 3.12. The molecule has 1 heterocycles. The Morgan fingerprint density at radius 1 is 0.938 bits per heavy atom. The summed E-state index contributed by atoms with van der Waals surface area (Å²) in [6, 6.07) is 14.2. The van der Waals surface area contributed by atoms with Gasteiger partial charge in [-0.05, 0) is 55.7 Å². The van der Waals surface area contributed by atoms with Crippen molar-refractivity contribution in [2.24, 2.45) is 5.92 Å². The van der Waals surface area contributed by atoms with Gasteiger partial charge in [-0.2, -0.15) is 5.10 Å². The highest BCUT2D eigenvalue weighted by molar-refractivity contribution is 5.93. The lowest BCUT2D eigenvalue weighted by molar-refractivity contribution is -0.119. The molecule has 0 bridgehead atoms. The summed E-state index contributed by atoms with van der Waals surface area (Å²) in [7, 11) is 0. The monoisotopic (exact) mass is 432 g/mol. The minimum Gasteiger partial charge on any atom is -0.326 e. The van der Waals surface area contributed by atoms with E-state index >= 15 is 0 Å². The predicted octanol–water partition coefficient (Wildman–Crippen LogP) is 4.07. The van der Waals surface area contributed by atoms with Gasteiger partial charge in [0.25, 0.3) is 5.56 Å². The SMILES string of the molecule is Cc1ccc(-c2ccc(=O)n(CC(=O)Nc3cccc(C)c3C)n2)cc1NC(=O)C(C)C. The quantitative estimate of drug-likeness (QED) is 0.614. The first-order valence-corrected chi connectivity index (χ1v) is 10.5. The first-order chi connectivity index (χ1) is 15.2. The van der Waals surface area contributed by atoms with Crippen LogP contribution in [0.1, 0.15) is 30.5 Å². The van der Waals surface area contributed by atoms with Gasteiger partial charge < -0.3 is 10.6 Å². The number of hydrogen-bond acceptors (Lipinski definition) is 4. The van der Waals surface area contributed by atoms with Crippen molar-refractivity contribution in [3.05, 3.63) is 75.6 Å². The Kier molecular flexibility index (Phi) is 6.88. The zero-order valence-electron chi connectivity index (χ0n) is 19.0. The maximum Gasteiger partial charge on any atom is 0.267 e. The Balaban J connectivity index is 1.84. The van der Waals surface area contributed by atoms with Crippen LogP contribution in [0.3, 0.4) is 0 Å². The van der Waals surface area contributed by atoms with Gasteiger partial charge in [0.2, 0.25) is 11.8 Å². The first-order valence-electron chi connectivity index (χ1n) is 10.5. The van der Waals surface area contributed by atoms with Gasteiger partial charge in [-0.25, -0.2) is 4.68 Å². The summed E-state index contributed by atoms with van der Waals surface area (Å²) in [5.41, 5.74) is 5.26. The summed E-state index contributed by atoms with van der Waals surface area (Å²) in [5, 5.41) is 10.1. The molecule has 0 saturated heterocycles. The lowest BCUT2D eigenvalue weighted by Gasteiger charge is -2.13. The van der Waals surface area contributed by atoms with Crippen LogP contribution in [0.2, 0.25) is 0 Å². The molecule has 0 aliphatic carbocycles. The fraction of sp³-hybridized carbons (Fsp3) is 0.280. The highest BCUT2D eigenvalue weighted by Gasteiger charge is 2.13. The number of amides is 2. The van der Waals surface area contributed by atoms with Crippen molar-refractivity contribution >= 4 is 23.2 Å². The van der Waals surface area contributed by atoms with Crippen molar-refractivity contribution in [1.29, 1.82) is 0 Å². The maximum atomic E-state index is 12.6. The normalized spacial score (nSPS) is 10.8. The van der Waals surface area contributed by atoms with Crippen LogP contribution in [-0.2, 0) is 16.1 Å². The molecule has 0 saturated carbocycles. The molecule has 1 aromatic heterocycles. The maximum absolute atomic E-state index is 12.6. The van der Waals surface area contributed by atoms with Crippen LogP contribution in [0.15, 0.2) is 53.3 Å². The zero-order chi connectivity index (χ0) is 23.4. The van der Waals surface area contributed by atoms with Gasteiger partial charge in [-0.3, -0.25) is 14.4 Å². The van der Waals surface area contributed by atoms with Crippen molar-refractivity contribution in [2.75, 3.05) is 10.6 Å². The van der Waals surface area contributed by atoms with Crippen LogP contribution >= 0.6 is 0 Å². The number of rotatable bonds is 6. The van der Waals surface area contributed by atoms with E-state index in [-0.39, 0.29) is 29.8 Å².